The molecule has 1 atom stereocenters. The fourth-order valence-electron chi connectivity index (χ4n) is 2.61. The SMILES string of the molecule is O=C(Nc1ccccc1-n1cncn1)c1csc([C@@H]2CCCO2)n1. The maximum atomic E-state index is 12.5. The molecule has 24 heavy (non-hydrogen) atoms. The van der Waals surface area contributed by atoms with Gasteiger partial charge < -0.3 is 10.1 Å². The van der Waals surface area contributed by atoms with Crippen molar-refractivity contribution in [2.45, 2.75) is 18.9 Å². The summed E-state index contributed by atoms with van der Waals surface area (Å²) in [5.41, 5.74) is 1.80. The number of amides is 1. The Balaban J connectivity index is 1.55. The van der Waals surface area contributed by atoms with E-state index in [4.69, 9.17) is 4.74 Å². The number of hydrogen-bond donors (Lipinski definition) is 1. The second-order valence-electron chi connectivity index (χ2n) is 5.38. The molecule has 0 saturated carbocycles. The second kappa shape index (κ2) is 6.50. The van der Waals surface area contributed by atoms with Crippen molar-refractivity contribution in [2.75, 3.05) is 11.9 Å². The van der Waals surface area contributed by atoms with Crippen LogP contribution in [0.25, 0.3) is 5.69 Å². The van der Waals surface area contributed by atoms with Crippen LogP contribution < -0.4 is 5.32 Å². The van der Waals surface area contributed by atoms with Gasteiger partial charge in [0.15, 0.2) is 0 Å². The van der Waals surface area contributed by atoms with Crippen LogP contribution in [0.3, 0.4) is 0 Å². The Hall–Kier alpha value is -2.58. The van der Waals surface area contributed by atoms with Crippen LogP contribution in [0, 0.1) is 0 Å². The third-order valence-corrected chi connectivity index (χ3v) is 4.71. The number of benzene rings is 1. The van der Waals surface area contributed by atoms with Gasteiger partial charge in [-0.1, -0.05) is 12.1 Å². The van der Waals surface area contributed by atoms with Crippen LogP contribution in [-0.2, 0) is 4.74 Å². The van der Waals surface area contributed by atoms with Crippen molar-refractivity contribution < 1.29 is 9.53 Å². The molecule has 122 valence electrons. The van der Waals surface area contributed by atoms with E-state index in [1.165, 1.54) is 17.7 Å². The first-order valence-electron chi connectivity index (χ1n) is 7.63. The molecule has 1 aliphatic rings. The standard InChI is InChI=1S/C16H15N5O2S/c22-15(12-8-24-16(20-12)14-6-3-7-23-14)19-11-4-1-2-5-13(11)21-10-17-9-18-21/h1-2,4-5,8-10,14H,3,6-7H2,(H,19,22)/t14-/m0/s1. The lowest BCUT2D eigenvalue weighted by Crippen LogP contribution is -2.14. The number of rotatable bonds is 4. The molecular formula is C16H15N5O2S. The quantitative estimate of drug-likeness (QED) is 0.789. The van der Waals surface area contributed by atoms with E-state index >= 15 is 0 Å². The fraction of sp³-hybridized carbons (Fsp3) is 0.250. The van der Waals surface area contributed by atoms with E-state index < -0.39 is 0 Å². The van der Waals surface area contributed by atoms with E-state index in [2.05, 4.69) is 20.4 Å². The minimum atomic E-state index is -0.247. The lowest BCUT2D eigenvalue weighted by Gasteiger charge is -2.09. The zero-order valence-electron chi connectivity index (χ0n) is 12.8. The molecule has 0 aliphatic carbocycles. The van der Waals surface area contributed by atoms with Crippen LogP contribution >= 0.6 is 11.3 Å². The van der Waals surface area contributed by atoms with Gasteiger partial charge in [0.2, 0.25) is 0 Å². The molecule has 0 spiro atoms. The Kier molecular flexibility index (Phi) is 4.06. The molecule has 0 radical (unpaired) electrons. The molecule has 3 heterocycles. The zero-order valence-corrected chi connectivity index (χ0v) is 13.6. The molecule has 2 aromatic heterocycles. The Morgan fingerprint density at radius 1 is 1.38 bits per heavy atom. The van der Waals surface area contributed by atoms with Gasteiger partial charge in [-0.15, -0.1) is 11.3 Å². The number of aromatic nitrogens is 4. The predicted octanol–water partition coefficient (Wildman–Crippen LogP) is 2.83. The monoisotopic (exact) mass is 341 g/mol. The third-order valence-electron chi connectivity index (χ3n) is 3.78. The Labute approximate surface area is 142 Å². The zero-order chi connectivity index (χ0) is 16.4. The third kappa shape index (κ3) is 2.93. The number of para-hydroxylation sites is 2. The van der Waals surface area contributed by atoms with Crippen molar-refractivity contribution in [2.24, 2.45) is 0 Å². The van der Waals surface area contributed by atoms with E-state index in [1.54, 1.807) is 16.4 Å². The van der Waals surface area contributed by atoms with Crippen molar-refractivity contribution >= 4 is 22.9 Å². The van der Waals surface area contributed by atoms with Gasteiger partial charge in [0.1, 0.15) is 29.5 Å². The first-order valence-corrected chi connectivity index (χ1v) is 8.51. The van der Waals surface area contributed by atoms with Gasteiger partial charge in [-0.05, 0) is 25.0 Å². The Bertz CT molecular complexity index is 840. The summed E-state index contributed by atoms with van der Waals surface area (Å²) < 4.78 is 7.22. The van der Waals surface area contributed by atoms with Crippen LogP contribution in [0.4, 0.5) is 5.69 Å². The highest BCUT2D eigenvalue weighted by molar-refractivity contribution is 7.09. The molecule has 0 bridgehead atoms. The maximum absolute atomic E-state index is 12.5. The molecule has 8 heteroatoms. The highest BCUT2D eigenvalue weighted by Crippen LogP contribution is 2.30. The van der Waals surface area contributed by atoms with E-state index in [9.17, 15) is 4.79 Å². The number of carbonyl (C=O) groups excluding carboxylic acids is 1. The number of nitrogens with zero attached hydrogens (tertiary/aromatic N) is 4. The smallest absolute Gasteiger partial charge is 0.275 e. The van der Waals surface area contributed by atoms with Crippen molar-refractivity contribution in [1.82, 2.24) is 19.7 Å². The molecule has 1 amide bonds. The van der Waals surface area contributed by atoms with E-state index in [1.807, 2.05) is 24.3 Å². The van der Waals surface area contributed by atoms with E-state index in [-0.39, 0.29) is 12.0 Å². The molecule has 7 nitrogen and oxygen atoms in total. The van der Waals surface area contributed by atoms with Crippen LogP contribution in [-0.4, -0.2) is 32.3 Å². The summed E-state index contributed by atoms with van der Waals surface area (Å²) in [7, 11) is 0. The van der Waals surface area contributed by atoms with E-state index in [0.29, 0.717) is 11.4 Å². The van der Waals surface area contributed by atoms with Gasteiger partial charge >= 0.3 is 0 Å². The fourth-order valence-corrected chi connectivity index (χ4v) is 3.49. The lowest BCUT2D eigenvalue weighted by molar-refractivity contribution is 0.101. The summed E-state index contributed by atoms with van der Waals surface area (Å²) in [5, 5.41) is 9.63. The Morgan fingerprint density at radius 2 is 2.29 bits per heavy atom. The molecule has 1 aliphatic heterocycles. The van der Waals surface area contributed by atoms with Crippen molar-refractivity contribution in [3.05, 3.63) is 53.0 Å². The Morgan fingerprint density at radius 3 is 3.08 bits per heavy atom. The number of hydrogen-bond acceptors (Lipinski definition) is 6. The van der Waals surface area contributed by atoms with Crippen LogP contribution in [0.1, 0.15) is 34.4 Å². The first kappa shape index (κ1) is 15.0. The summed E-state index contributed by atoms with van der Waals surface area (Å²) in [5.74, 6) is -0.247. The molecule has 1 saturated heterocycles. The molecule has 1 fully saturated rings. The van der Waals surface area contributed by atoms with Crippen molar-refractivity contribution in [3.8, 4) is 5.69 Å². The highest BCUT2D eigenvalue weighted by atomic mass is 32.1. The summed E-state index contributed by atoms with van der Waals surface area (Å²) in [6, 6.07) is 7.42. The number of carbonyl (C=O) groups is 1. The predicted molar refractivity (Wildman–Crippen MR) is 89.4 cm³/mol. The summed E-state index contributed by atoms with van der Waals surface area (Å²) in [4.78, 5) is 20.9. The highest BCUT2D eigenvalue weighted by Gasteiger charge is 2.22. The van der Waals surface area contributed by atoms with Gasteiger partial charge in [0, 0.05) is 12.0 Å². The van der Waals surface area contributed by atoms with Gasteiger partial charge in [0.05, 0.1) is 11.4 Å². The van der Waals surface area contributed by atoms with Crippen LogP contribution in [0.5, 0.6) is 0 Å². The molecule has 4 rings (SSSR count). The first-order chi connectivity index (χ1) is 11.8. The van der Waals surface area contributed by atoms with Gasteiger partial charge in [-0.25, -0.2) is 14.6 Å². The number of thiazole rings is 1. The van der Waals surface area contributed by atoms with Crippen LogP contribution in [0.2, 0.25) is 0 Å². The summed E-state index contributed by atoms with van der Waals surface area (Å²) >= 11 is 1.46. The molecule has 1 aromatic carbocycles. The van der Waals surface area contributed by atoms with Gasteiger partial charge in [0.25, 0.3) is 5.91 Å². The average Bonchev–Trinajstić information content (AvgIpc) is 3.35. The van der Waals surface area contributed by atoms with Gasteiger partial charge in [-0.2, -0.15) is 5.10 Å². The minimum absolute atomic E-state index is 0.0268. The number of anilines is 1. The van der Waals surface area contributed by atoms with Gasteiger partial charge in [-0.3, -0.25) is 4.79 Å². The maximum Gasteiger partial charge on any atom is 0.275 e. The van der Waals surface area contributed by atoms with E-state index in [0.717, 1.165) is 30.1 Å². The molecule has 1 N–H and O–H groups in total. The largest absolute Gasteiger partial charge is 0.371 e. The minimum Gasteiger partial charge on any atom is -0.371 e. The molecule has 3 aromatic rings. The van der Waals surface area contributed by atoms with Crippen molar-refractivity contribution in [1.29, 1.82) is 0 Å². The summed E-state index contributed by atoms with van der Waals surface area (Å²) in [6.07, 6.45) is 5.07. The average molecular weight is 341 g/mol. The number of ether oxygens (including phenoxy) is 1. The summed E-state index contributed by atoms with van der Waals surface area (Å²) in [6.45, 7) is 0.761. The topological polar surface area (TPSA) is 81.9 Å². The van der Waals surface area contributed by atoms with Crippen LogP contribution in [0.15, 0.2) is 42.3 Å². The lowest BCUT2D eigenvalue weighted by atomic mass is 10.2. The molecule has 0 unspecified atom stereocenters. The van der Waals surface area contributed by atoms with Crippen molar-refractivity contribution in [3.63, 3.8) is 0 Å². The molecular weight excluding hydrogens is 326 g/mol. The normalized spacial score (nSPS) is 17.1. The number of nitrogens with one attached hydrogen (secondary N) is 1. The second-order valence-corrected chi connectivity index (χ2v) is 6.27.